The van der Waals surface area contributed by atoms with Crippen LogP contribution in [0.25, 0.3) is 23.2 Å². The van der Waals surface area contributed by atoms with Gasteiger partial charge in [-0.15, -0.1) is 0 Å². The second-order valence-corrected chi connectivity index (χ2v) is 9.48. The Hall–Kier alpha value is -4.88. The van der Waals surface area contributed by atoms with Gasteiger partial charge in [0, 0.05) is 41.6 Å². The van der Waals surface area contributed by atoms with Gasteiger partial charge < -0.3 is 14.8 Å². The van der Waals surface area contributed by atoms with Crippen LogP contribution in [0.1, 0.15) is 47.0 Å². The zero-order valence-electron chi connectivity index (χ0n) is 22.7. The second kappa shape index (κ2) is 11.5. The third-order valence-electron chi connectivity index (χ3n) is 6.55. The van der Waals surface area contributed by atoms with Gasteiger partial charge in [-0.25, -0.2) is 33.8 Å². The predicted octanol–water partition coefficient (Wildman–Crippen LogP) is 5.27. The van der Waals surface area contributed by atoms with Crippen LogP contribution in [-0.4, -0.2) is 49.9 Å². The van der Waals surface area contributed by atoms with Crippen molar-refractivity contribution in [3.8, 4) is 23.0 Å². The monoisotopic (exact) mass is 583 g/mol. The van der Waals surface area contributed by atoms with E-state index in [9.17, 15) is 18.0 Å². The number of aromatic nitrogens is 6. The smallest absolute Gasteiger partial charge is 0.435 e. The number of halogens is 4. The first-order valence-corrected chi connectivity index (χ1v) is 12.8. The van der Waals surface area contributed by atoms with Crippen LogP contribution in [0.3, 0.4) is 0 Å². The van der Waals surface area contributed by atoms with E-state index in [4.69, 9.17) is 4.74 Å². The molecule has 0 bridgehead atoms. The number of carbonyl (C=O) groups excluding carboxylic acids is 1. The molecule has 1 aromatic carbocycles. The predicted molar refractivity (Wildman–Crippen MR) is 143 cm³/mol. The first-order valence-electron chi connectivity index (χ1n) is 12.8. The van der Waals surface area contributed by atoms with Gasteiger partial charge in [0.05, 0.1) is 25.6 Å². The number of methoxy groups -OCH3 is 2. The van der Waals surface area contributed by atoms with Gasteiger partial charge in [-0.05, 0) is 44.0 Å². The van der Waals surface area contributed by atoms with Gasteiger partial charge in [0.1, 0.15) is 23.5 Å². The molecule has 3 aromatic heterocycles. The van der Waals surface area contributed by atoms with E-state index in [0.717, 1.165) is 35.4 Å². The van der Waals surface area contributed by atoms with Crippen molar-refractivity contribution >= 4 is 17.9 Å². The quantitative estimate of drug-likeness (QED) is 0.160. The number of carbonyl (C=O) groups is 1. The van der Waals surface area contributed by atoms with Crippen LogP contribution in [-0.2, 0) is 22.3 Å². The van der Waals surface area contributed by atoms with Crippen LogP contribution in [0.5, 0.6) is 5.88 Å². The summed E-state index contributed by atoms with van der Waals surface area (Å²) in [6.45, 7) is 1.40. The van der Waals surface area contributed by atoms with E-state index in [2.05, 4.69) is 35.1 Å². The van der Waals surface area contributed by atoms with E-state index in [1.165, 1.54) is 58.0 Å². The van der Waals surface area contributed by atoms with Crippen LogP contribution < -0.4 is 10.1 Å². The van der Waals surface area contributed by atoms with Gasteiger partial charge in [0.15, 0.2) is 11.5 Å². The number of anilines is 1. The van der Waals surface area contributed by atoms with E-state index >= 15 is 4.39 Å². The molecule has 1 N–H and O–H groups in total. The third kappa shape index (κ3) is 6.06. The SMILES string of the molecule is COC(=O)/C=C/c1cnc(-c2c(OC)ncnc2C2CC2)nc1NCc1ccc(-n2nc(C(F)(F)F)cc2C)cc1F. The molecule has 0 aliphatic heterocycles. The van der Waals surface area contributed by atoms with Crippen LogP contribution in [0.4, 0.5) is 23.4 Å². The summed E-state index contributed by atoms with van der Waals surface area (Å²) < 4.78 is 65.6. The summed E-state index contributed by atoms with van der Waals surface area (Å²) in [4.78, 5) is 29.5. The van der Waals surface area contributed by atoms with Crippen molar-refractivity contribution in [1.82, 2.24) is 29.7 Å². The molecule has 0 saturated heterocycles. The average molecular weight is 584 g/mol. The van der Waals surface area contributed by atoms with Gasteiger partial charge in [-0.3, -0.25) is 0 Å². The number of benzene rings is 1. The molecule has 14 heteroatoms. The molecule has 42 heavy (non-hydrogen) atoms. The maximum absolute atomic E-state index is 15.2. The number of hydrogen-bond acceptors (Lipinski definition) is 9. The molecule has 5 rings (SSSR count). The summed E-state index contributed by atoms with van der Waals surface area (Å²) in [5, 5.41) is 6.64. The lowest BCUT2D eigenvalue weighted by Crippen LogP contribution is -2.09. The average Bonchev–Trinajstić information content (AvgIpc) is 3.74. The fourth-order valence-corrected chi connectivity index (χ4v) is 4.28. The summed E-state index contributed by atoms with van der Waals surface area (Å²) in [7, 11) is 2.73. The zero-order valence-corrected chi connectivity index (χ0v) is 22.7. The summed E-state index contributed by atoms with van der Waals surface area (Å²) in [5.41, 5.74) is 1.20. The van der Waals surface area contributed by atoms with E-state index in [1.54, 1.807) is 0 Å². The lowest BCUT2D eigenvalue weighted by Gasteiger charge is -2.14. The Kier molecular flexibility index (Phi) is 7.87. The Morgan fingerprint density at radius 1 is 1.17 bits per heavy atom. The van der Waals surface area contributed by atoms with Gasteiger partial charge >= 0.3 is 12.1 Å². The standard InChI is InChI=1S/C28H25F4N7O3/c1-15-10-21(28(30,31)32)38-39(15)19-8-6-17(20(29)11-19)12-33-25-18(7-9-22(40)41-2)13-34-26(37-25)23-24(16-4-5-16)35-14-36-27(23)42-3/h6-11,13-14,16H,4-5,12H2,1-3H3,(H,33,34,37)/b9-7+. The minimum atomic E-state index is -4.62. The summed E-state index contributed by atoms with van der Waals surface area (Å²) in [6.07, 6.45) is 2.87. The number of nitrogens with one attached hydrogen (secondary N) is 1. The molecule has 1 saturated carbocycles. The molecule has 0 amide bonds. The number of ether oxygens (including phenoxy) is 2. The van der Waals surface area contributed by atoms with Crippen LogP contribution in [0, 0.1) is 12.7 Å². The fraction of sp³-hybridized carbons (Fsp3) is 0.286. The highest BCUT2D eigenvalue weighted by Gasteiger charge is 2.35. The second-order valence-electron chi connectivity index (χ2n) is 9.48. The zero-order chi connectivity index (χ0) is 30.0. The third-order valence-corrected chi connectivity index (χ3v) is 6.55. The van der Waals surface area contributed by atoms with E-state index in [-0.39, 0.29) is 41.0 Å². The highest BCUT2D eigenvalue weighted by atomic mass is 19.4. The van der Waals surface area contributed by atoms with Crippen LogP contribution in [0.2, 0.25) is 0 Å². The van der Waals surface area contributed by atoms with Gasteiger partial charge in [0.2, 0.25) is 5.88 Å². The molecular weight excluding hydrogens is 558 g/mol. The number of alkyl halides is 3. The van der Waals surface area contributed by atoms with Crippen molar-refractivity contribution < 1.29 is 31.8 Å². The molecule has 0 atom stereocenters. The van der Waals surface area contributed by atoms with Crippen molar-refractivity contribution in [2.75, 3.05) is 19.5 Å². The summed E-state index contributed by atoms with van der Waals surface area (Å²) >= 11 is 0. The number of esters is 1. The Morgan fingerprint density at radius 3 is 2.60 bits per heavy atom. The minimum absolute atomic E-state index is 0.0502. The van der Waals surface area contributed by atoms with Crippen molar-refractivity contribution in [3.05, 3.63) is 76.9 Å². The van der Waals surface area contributed by atoms with Crippen LogP contribution in [0.15, 0.2) is 42.9 Å². The Balaban J connectivity index is 1.46. The Morgan fingerprint density at radius 2 is 1.95 bits per heavy atom. The molecule has 1 aliphatic rings. The summed E-state index contributed by atoms with van der Waals surface area (Å²) in [5.74, 6) is -0.178. The number of aryl methyl sites for hydroxylation is 1. The van der Waals surface area contributed by atoms with Crippen molar-refractivity contribution in [1.29, 1.82) is 0 Å². The number of rotatable bonds is 9. The van der Waals surface area contributed by atoms with E-state index < -0.39 is 23.7 Å². The lowest BCUT2D eigenvalue weighted by atomic mass is 10.1. The van der Waals surface area contributed by atoms with E-state index in [0.29, 0.717) is 17.0 Å². The van der Waals surface area contributed by atoms with Gasteiger partial charge in [-0.1, -0.05) is 6.07 Å². The maximum atomic E-state index is 15.2. The van der Waals surface area contributed by atoms with Gasteiger partial charge in [0.25, 0.3) is 0 Å². The Bertz CT molecular complexity index is 1670. The lowest BCUT2D eigenvalue weighted by molar-refractivity contribution is -0.141. The number of nitrogens with zero attached hydrogens (tertiary/aromatic N) is 6. The Labute approximate surface area is 237 Å². The molecule has 1 fully saturated rings. The molecule has 0 spiro atoms. The molecule has 1 aliphatic carbocycles. The van der Waals surface area contributed by atoms with Gasteiger partial charge in [-0.2, -0.15) is 18.3 Å². The molecule has 0 unspecified atom stereocenters. The van der Waals surface area contributed by atoms with Crippen molar-refractivity contribution in [3.63, 3.8) is 0 Å². The first-order chi connectivity index (χ1) is 20.1. The molecule has 10 nitrogen and oxygen atoms in total. The molecule has 218 valence electrons. The number of hydrogen-bond donors (Lipinski definition) is 1. The van der Waals surface area contributed by atoms with E-state index in [1.807, 2.05) is 0 Å². The van der Waals surface area contributed by atoms with Crippen LogP contribution >= 0.6 is 0 Å². The normalized spacial score (nSPS) is 13.4. The highest BCUT2D eigenvalue weighted by Crippen LogP contribution is 2.45. The topological polar surface area (TPSA) is 117 Å². The first kappa shape index (κ1) is 28.6. The van der Waals surface area contributed by atoms with Crippen molar-refractivity contribution in [2.45, 2.75) is 38.4 Å². The highest BCUT2D eigenvalue weighted by molar-refractivity contribution is 5.88. The molecule has 3 heterocycles. The molecular formula is C28H25F4N7O3. The minimum Gasteiger partial charge on any atom is -0.480 e. The maximum Gasteiger partial charge on any atom is 0.435 e. The largest absolute Gasteiger partial charge is 0.480 e. The molecule has 4 aromatic rings. The fourth-order valence-electron chi connectivity index (χ4n) is 4.28. The molecule has 0 radical (unpaired) electrons. The van der Waals surface area contributed by atoms with Crippen molar-refractivity contribution in [2.24, 2.45) is 0 Å². The summed E-state index contributed by atoms with van der Waals surface area (Å²) in [6, 6.07) is 4.91.